The lowest BCUT2D eigenvalue weighted by atomic mass is 10.3. The Morgan fingerprint density at radius 1 is 1.53 bits per heavy atom. The molecule has 0 spiro atoms. The molecule has 10 nitrogen and oxygen atoms in total. The summed E-state index contributed by atoms with van der Waals surface area (Å²) in [5.74, 6) is -0.811. The maximum atomic E-state index is 10.1. The number of carboxylic acid groups (broad SMARTS) is 1. The standard InChI is InChI=1S/C5H8N4O2S.CH2N4/c10-4(11)2-1-3-9-5(12)6-7-8-9;1-2-4-5-3-1/h1-3H2,(H,10,11)(H,6,8,12);1H,(H,2,3,4,5). The van der Waals surface area contributed by atoms with Crippen LogP contribution >= 0.6 is 12.2 Å². The van der Waals surface area contributed by atoms with E-state index in [4.69, 9.17) is 17.3 Å². The molecule has 92 valence electrons. The van der Waals surface area contributed by atoms with Crippen molar-refractivity contribution in [2.75, 3.05) is 0 Å². The number of carbonyl (C=O) groups is 1. The Bertz CT molecular complexity index is 459. The Kier molecular flexibility index (Phi) is 5.43. The zero-order valence-electron chi connectivity index (χ0n) is 8.65. The van der Waals surface area contributed by atoms with Crippen molar-refractivity contribution < 1.29 is 9.90 Å². The summed E-state index contributed by atoms with van der Waals surface area (Å²) in [6, 6.07) is 0. The minimum absolute atomic E-state index is 0.126. The molecule has 0 amide bonds. The second-order valence-corrected chi connectivity index (χ2v) is 3.16. The molecule has 0 aliphatic heterocycles. The lowest BCUT2D eigenvalue weighted by Crippen LogP contribution is -2.03. The first kappa shape index (κ1) is 12.9. The monoisotopic (exact) mass is 258 g/mol. The predicted molar refractivity (Wildman–Crippen MR) is 56.3 cm³/mol. The van der Waals surface area contributed by atoms with Gasteiger partial charge in [0, 0.05) is 13.0 Å². The Labute approximate surface area is 100 Å². The van der Waals surface area contributed by atoms with E-state index in [9.17, 15) is 4.79 Å². The van der Waals surface area contributed by atoms with Gasteiger partial charge in [-0.2, -0.15) is 10.4 Å². The highest BCUT2D eigenvalue weighted by Gasteiger charge is 1.98. The number of aromatic amines is 2. The SMILES string of the molecule is O=C(O)CCCn1[nH]nnc1=S.c1nn[nH]n1. The van der Waals surface area contributed by atoms with E-state index < -0.39 is 5.97 Å². The Balaban J connectivity index is 0.000000239. The van der Waals surface area contributed by atoms with Gasteiger partial charge in [0.15, 0.2) is 6.33 Å². The van der Waals surface area contributed by atoms with Crippen LogP contribution < -0.4 is 0 Å². The highest BCUT2D eigenvalue weighted by atomic mass is 32.1. The summed E-state index contributed by atoms with van der Waals surface area (Å²) in [7, 11) is 0. The third-order valence-electron chi connectivity index (χ3n) is 1.57. The van der Waals surface area contributed by atoms with Gasteiger partial charge in [0.2, 0.25) is 4.77 Å². The molecule has 0 saturated carbocycles. The van der Waals surface area contributed by atoms with Crippen molar-refractivity contribution in [3.8, 4) is 0 Å². The fraction of sp³-hybridized carbons (Fsp3) is 0.500. The van der Waals surface area contributed by atoms with Crippen LogP contribution in [0.2, 0.25) is 0 Å². The zero-order chi connectivity index (χ0) is 12.5. The molecule has 2 aromatic rings. The fourth-order valence-electron chi connectivity index (χ4n) is 0.879. The number of rotatable bonds is 4. The summed E-state index contributed by atoms with van der Waals surface area (Å²) in [5.41, 5.74) is 0. The summed E-state index contributed by atoms with van der Waals surface area (Å²) in [5, 5.41) is 30.0. The summed E-state index contributed by atoms with van der Waals surface area (Å²) < 4.78 is 1.87. The van der Waals surface area contributed by atoms with E-state index in [1.54, 1.807) is 0 Å². The van der Waals surface area contributed by atoms with Gasteiger partial charge in [-0.25, -0.2) is 4.68 Å². The van der Waals surface area contributed by atoms with E-state index in [1.165, 1.54) is 11.0 Å². The van der Waals surface area contributed by atoms with Crippen LogP contribution in [0.25, 0.3) is 0 Å². The topological polar surface area (TPSA) is 138 Å². The predicted octanol–water partition coefficient (Wildman–Crippen LogP) is -0.600. The molecule has 0 atom stereocenters. The second-order valence-electron chi connectivity index (χ2n) is 2.79. The molecule has 0 saturated heterocycles. The number of aliphatic carboxylic acids is 1. The number of H-pyrrole nitrogens is 2. The third-order valence-corrected chi connectivity index (χ3v) is 1.88. The molecule has 0 unspecified atom stereocenters. The lowest BCUT2D eigenvalue weighted by Gasteiger charge is -1.96. The molecule has 0 aliphatic carbocycles. The van der Waals surface area contributed by atoms with Crippen LogP contribution in [0.4, 0.5) is 0 Å². The zero-order valence-corrected chi connectivity index (χ0v) is 9.46. The van der Waals surface area contributed by atoms with Gasteiger partial charge < -0.3 is 5.11 Å². The fourth-order valence-corrected chi connectivity index (χ4v) is 1.05. The highest BCUT2D eigenvalue weighted by Crippen LogP contribution is 1.93. The molecule has 2 heterocycles. The molecule has 2 rings (SSSR count). The van der Waals surface area contributed by atoms with E-state index in [0.29, 0.717) is 17.7 Å². The number of carboxylic acids is 1. The first-order valence-electron chi connectivity index (χ1n) is 4.56. The van der Waals surface area contributed by atoms with Crippen LogP contribution in [-0.2, 0) is 11.3 Å². The van der Waals surface area contributed by atoms with E-state index >= 15 is 0 Å². The summed E-state index contributed by atoms with van der Waals surface area (Å²) in [6.07, 6.45) is 1.98. The lowest BCUT2D eigenvalue weighted by molar-refractivity contribution is -0.137. The quantitative estimate of drug-likeness (QED) is 0.618. The van der Waals surface area contributed by atoms with Crippen molar-refractivity contribution in [1.82, 2.24) is 40.8 Å². The Hall–Kier alpha value is -2.17. The third kappa shape index (κ3) is 5.46. The smallest absolute Gasteiger partial charge is 0.303 e. The first-order valence-corrected chi connectivity index (χ1v) is 4.97. The number of nitrogens with one attached hydrogen (secondary N) is 2. The van der Waals surface area contributed by atoms with E-state index in [2.05, 4.69) is 36.1 Å². The van der Waals surface area contributed by atoms with Crippen molar-refractivity contribution in [1.29, 1.82) is 0 Å². The van der Waals surface area contributed by atoms with E-state index in [0.717, 1.165) is 0 Å². The molecule has 0 aromatic carbocycles. The van der Waals surface area contributed by atoms with Crippen LogP contribution in [0.5, 0.6) is 0 Å². The molecule has 2 aromatic heterocycles. The normalized spacial score (nSPS) is 9.41. The van der Waals surface area contributed by atoms with Gasteiger partial charge in [0.25, 0.3) is 0 Å². The van der Waals surface area contributed by atoms with Gasteiger partial charge in [-0.3, -0.25) is 4.79 Å². The number of nitrogens with zero attached hydrogens (tertiary/aromatic N) is 6. The molecule has 17 heavy (non-hydrogen) atoms. The maximum Gasteiger partial charge on any atom is 0.303 e. The van der Waals surface area contributed by atoms with Gasteiger partial charge in [0.1, 0.15) is 0 Å². The van der Waals surface area contributed by atoms with Gasteiger partial charge >= 0.3 is 5.97 Å². The molecule has 11 heteroatoms. The average Bonchev–Trinajstić information content (AvgIpc) is 2.93. The molecule has 0 bridgehead atoms. The maximum absolute atomic E-state index is 10.1. The molecular weight excluding hydrogens is 248 g/mol. The Morgan fingerprint density at radius 3 is 2.76 bits per heavy atom. The summed E-state index contributed by atoms with van der Waals surface area (Å²) in [6.45, 7) is 0.512. The summed E-state index contributed by atoms with van der Waals surface area (Å²) >= 11 is 4.78. The minimum atomic E-state index is -0.811. The first-order chi connectivity index (χ1) is 8.20. The van der Waals surface area contributed by atoms with Crippen molar-refractivity contribution in [3.05, 3.63) is 11.1 Å². The largest absolute Gasteiger partial charge is 0.481 e. The number of aromatic nitrogens is 8. The van der Waals surface area contributed by atoms with Gasteiger partial charge in [-0.15, -0.1) is 10.2 Å². The van der Waals surface area contributed by atoms with Crippen molar-refractivity contribution in [2.24, 2.45) is 0 Å². The Morgan fingerprint density at radius 2 is 2.35 bits per heavy atom. The van der Waals surface area contributed by atoms with Crippen LogP contribution in [0.3, 0.4) is 0 Å². The van der Waals surface area contributed by atoms with Gasteiger partial charge in [0.05, 0.1) is 0 Å². The number of hydrogen-bond donors (Lipinski definition) is 3. The minimum Gasteiger partial charge on any atom is -0.481 e. The van der Waals surface area contributed by atoms with Crippen molar-refractivity contribution in [2.45, 2.75) is 19.4 Å². The number of tetrazole rings is 2. The molecular formula is C6H10N8O2S. The van der Waals surface area contributed by atoms with Crippen LogP contribution in [0.15, 0.2) is 6.33 Å². The summed E-state index contributed by atoms with van der Waals surface area (Å²) in [4.78, 5) is 10.1. The number of hydrogen-bond acceptors (Lipinski definition) is 7. The van der Waals surface area contributed by atoms with Crippen LogP contribution in [-0.4, -0.2) is 51.9 Å². The van der Waals surface area contributed by atoms with Crippen molar-refractivity contribution in [3.63, 3.8) is 0 Å². The van der Waals surface area contributed by atoms with Crippen molar-refractivity contribution >= 4 is 18.2 Å². The van der Waals surface area contributed by atoms with Gasteiger partial charge in [-0.1, -0.05) is 15.5 Å². The second kappa shape index (κ2) is 7.16. The van der Waals surface area contributed by atoms with E-state index in [-0.39, 0.29) is 6.42 Å². The van der Waals surface area contributed by atoms with Crippen LogP contribution in [0.1, 0.15) is 12.8 Å². The average molecular weight is 258 g/mol. The highest BCUT2D eigenvalue weighted by molar-refractivity contribution is 7.71. The van der Waals surface area contributed by atoms with E-state index in [1.807, 2.05) is 0 Å². The number of aryl methyl sites for hydroxylation is 1. The molecule has 0 radical (unpaired) electrons. The molecule has 0 aliphatic rings. The molecule has 0 fully saturated rings. The molecule has 3 N–H and O–H groups in total. The van der Waals surface area contributed by atoms with Crippen LogP contribution in [0, 0.1) is 4.77 Å². The van der Waals surface area contributed by atoms with Gasteiger partial charge in [-0.05, 0) is 18.6 Å².